The Hall–Kier alpha value is -3.47. The van der Waals surface area contributed by atoms with Gasteiger partial charge in [0.05, 0.1) is 22.0 Å². The van der Waals surface area contributed by atoms with Gasteiger partial charge >= 0.3 is 24.2 Å². The molecule has 11 nitrogen and oxygen atoms in total. The van der Waals surface area contributed by atoms with Crippen LogP contribution in [0.4, 0.5) is 38.1 Å². The number of hydrogen-bond acceptors (Lipinski definition) is 7. The minimum absolute atomic E-state index is 0.0712. The molecule has 0 spiro atoms. The normalized spacial score (nSPS) is 14.8. The van der Waals surface area contributed by atoms with Crippen molar-refractivity contribution in [1.82, 2.24) is 24.1 Å². The quantitative estimate of drug-likeness (QED) is 0.368. The molecule has 2 aromatic heterocycles. The molecule has 0 atom stereocenters. The van der Waals surface area contributed by atoms with Crippen molar-refractivity contribution in [2.75, 3.05) is 36.4 Å². The van der Waals surface area contributed by atoms with E-state index in [1.54, 1.807) is 20.8 Å². The van der Waals surface area contributed by atoms with Crippen LogP contribution in [0.5, 0.6) is 0 Å². The second kappa shape index (κ2) is 11.6. The van der Waals surface area contributed by atoms with Crippen LogP contribution in [0.15, 0.2) is 27.7 Å². The number of hydrogen-bond donors (Lipinski definition) is 1. The molecule has 1 saturated heterocycles. The fourth-order valence-electron chi connectivity index (χ4n) is 4.48. The van der Waals surface area contributed by atoms with Gasteiger partial charge in [0.15, 0.2) is 0 Å². The van der Waals surface area contributed by atoms with Crippen molar-refractivity contribution in [1.29, 1.82) is 0 Å². The van der Waals surface area contributed by atoms with Gasteiger partial charge < -0.3 is 19.9 Å². The van der Waals surface area contributed by atoms with E-state index >= 15 is 8.78 Å². The van der Waals surface area contributed by atoms with E-state index in [0.717, 1.165) is 6.07 Å². The van der Waals surface area contributed by atoms with Gasteiger partial charge in [-0.15, -0.1) is 5.10 Å². The SMILES string of the molecule is CCc1c(N2CCN(C(=O)OC(C)(C)C)CC2)c(=O)n2nc(Br)nc2n1C(F)(F)C(=O)Nc1ccc(C(F)(F)F)cc1Cl. The second-order valence-electron chi connectivity index (χ2n) is 10.5. The van der Waals surface area contributed by atoms with Crippen LogP contribution < -0.4 is 15.8 Å². The predicted molar refractivity (Wildman–Crippen MR) is 150 cm³/mol. The summed E-state index contributed by atoms with van der Waals surface area (Å²) in [5.41, 5.74) is -3.59. The molecule has 1 aromatic carbocycles. The van der Waals surface area contributed by atoms with Gasteiger partial charge in [0.1, 0.15) is 11.3 Å². The largest absolute Gasteiger partial charge is 0.444 e. The van der Waals surface area contributed by atoms with Crippen molar-refractivity contribution in [3.8, 4) is 0 Å². The zero-order chi connectivity index (χ0) is 32.1. The third-order valence-corrected chi connectivity index (χ3v) is 7.03. The molecule has 0 saturated carbocycles. The standard InChI is InChI=1S/C25H26BrClF5N7O4/c1-5-16-17(36-8-10-37(11-9-36)22(42)43-23(2,3)4)18(40)39-21(34-20(26)35-39)38(16)25(31,32)19(41)33-15-7-6-13(12-14(15)27)24(28,29)30/h6-7,12H,5,8-11H2,1-4H3,(H,33,41). The highest BCUT2D eigenvalue weighted by Crippen LogP contribution is 2.36. The van der Waals surface area contributed by atoms with Gasteiger partial charge in [-0.2, -0.15) is 31.5 Å². The monoisotopic (exact) mass is 697 g/mol. The van der Waals surface area contributed by atoms with Crippen molar-refractivity contribution in [2.24, 2.45) is 0 Å². The first-order chi connectivity index (χ1) is 19.8. The number of carbonyl (C=O) groups is 2. The molecule has 1 fully saturated rings. The van der Waals surface area contributed by atoms with Gasteiger partial charge in [-0.1, -0.05) is 18.5 Å². The molecule has 18 heteroatoms. The van der Waals surface area contributed by atoms with E-state index in [0.29, 0.717) is 16.6 Å². The molecule has 43 heavy (non-hydrogen) atoms. The maximum absolute atomic E-state index is 16.1. The predicted octanol–water partition coefficient (Wildman–Crippen LogP) is 5.13. The van der Waals surface area contributed by atoms with E-state index in [1.165, 1.54) is 16.7 Å². The Morgan fingerprint density at radius 2 is 1.72 bits per heavy atom. The molecule has 4 rings (SSSR count). The number of benzene rings is 1. The summed E-state index contributed by atoms with van der Waals surface area (Å²) in [4.78, 5) is 45.9. The lowest BCUT2D eigenvalue weighted by atomic mass is 10.2. The lowest BCUT2D eigenvalue weighted by molar-refractivity contribution is -0.154. The number of carbonyl (C=O) groups excluding carboxylic acids is 2. The highest BCUT2D eigenvalue weighted by Gasteiger charge is 2.46. The van der Waals surface area contributed by atoms with Gasteiger partial charge in [0.25, 0.3) is 5.56 Å². The summed E-state index contributed by atoms with van der Waals surface area (Å²) in [5.74, 6) is -2.61. The third kappa shape index (κ3) is 6.56. The molecule has 0 unspecified atom stereocenters. The van der Waals surface area contributed by atoms with Gasteiger partial charge in [0.2, 0.25) is 10.5 Å². The number of halogens is 7. The van der Waals surface area contributed by atoms with Crippen LogP contribution in [0.1, 0.15) is 39.0 Å². The number of nitrogens with one attached hydrogen (secondary N) is 1. The molecule has 1 aliphatic heterocycles. The van der Waals surface area contributed by atoms with E-state index in [-0.39, 0.29) is 53.3 Å². The molecular formula is C25H26BrClF5N7O4. The number of amides is 2. The fraction of sp³-hybridized carbons (Fsp3) is 0.480. The number of fused-ring (bicyclic) bond motifs is 1. The zero-order valence-electron chi connectivity index (χ0n) is 23.2. The minimum Gasteiger partial charge on any atom is -0.444 e. The van der Waals surface area contributed by atoms with Crippen LogP contribution in [-0.4, -0.2) is 67.8 Å². The first-order valence-corrected chi connectivity index (χ1v) is 14.0. The van der Waals surface area contributed by atoms with Crippen LogP contribution in [0.3, 0.4) is 0 Å². The summed E-state index contributed by atoms with van der Waals surface area (Å²) in [6.45, 7) is 7.00. The zero-order valence-corrected chi connectivity index (χ0v) is 25.6. The van der Waals surface area contributed by atoms with Crippen molar-refractivity contribution >= 4 is 56.7 Å². The van der Waals surface area contributed by atoms with Crippen LogP contribution in [-0.2, 0) is 28.2 Å². The van der Waals surface area contributed by atoms with Gasteiger partial charge in [-0.3, -0.25) is 9.59 Å². The molecule has 2 amide bonds. The molecule has 3 heterocycles. The summed E-state index contributed by atoms with van der Waals surface area (Å²) in [6, 6.07) is -2.61. The van der Waals surface area contributed by atoms with Crippen molar-refractivity contribution in [3.05, 3.63) is 49.6 Å². The van der Waals surface area contributed by atoms with Crippen LogP contribution in [0.2, 0.25) is 5.02 Å². The first-order valence-electron chi connectivity index (χ1n) is 12.8. The lowest BCUT2D eigenvalue weighted by Gasteiger charge is -2.37. The summed E-state index contributed by atoms with van der Waals surface area (Å²) in [5, 5.41) is 5.13. The van der Waals surface area contributed by atoms with E-state index in [2.05, 4.69) is 26.0 Å². The summed E-state index contributed by atoms with van der Waals surface area (Å²) in [7, 11) is 0. The van der Waals surface area contributed by atoms with E-state index in [1.807, 2.05) is 5.32 Å². The van der Waals surface area contributed by atoms with E-state index in [9.17, 15) is 27.6 Å². The fourth-order valence-corrected chi connectivity index (χ4v) is 5.03. The van der Waals surface area contributed by atoms with Crippen LogP contribution in [0, 0.1) is 0 Å². The molecule has 0 radical (unpaired) electrons. The van der Waals surface area contributed by atoms with Crippen molar-refractivity contribution in [3.63, 3.8) is 0 Å². The summed E-state index contributed by atoms with van der Waals surface area (Å²) < 4.78 is 77.2. The first kappa shape index (κ1) is 32.4. The van der Waals surface area contributed by atoms with Crippen molar-refractivity contribution < 1.29 is 36.3 Å². The third-order valence-electron chi connectivity index (χ3n) is 6.38. The lowest BCUT2D eigenvalue weighted by Crippen LogP contribution is -2.52. The number of alkyl halides is 5. The molecular weight excluding hydrogens is 673 g/mol. The molecule has 0 bridgehead atoms. The number of anilines is 2. The Morgan fingerprint density at radius 1 is 1.09 bits per heavy atom. The average Bonchev–Trinajstić information content (AvgIpc) is 3.29. The number of ether oxygens (including phenoxy) is 1. The van der Waals surface area contributed by atoms with Crippen LogP contribution >= 0.6 is 27.5 Å². The Morgan fingerprint density at radius 3 is 2.26 bits per heavy atom. The maximum Gasteiger partial charge on any atom is 0.416 e. The highest BCUT2D eigenvalue weighted by atomic mass is 79.9. The summed E-state index contributed by atoms with van der Waals surface area (Å²) >= 11 is 8.84. The average molecular weight is 699 g/mol. The van der Waals surface area contributed by atoms with E-state index in [4.69, 9.17) is 16.3 Å². The Kier molecular flexibility index (Phi) is 8.72. The van der Waals surface area contributed by atoms with Crippen molar-refractivity contribution in [2.45, 2.75) is 51.9 Å². The molecule has 1 aliphatic rings. The number of nitrogens with zero attached hydrogens (tertiary/aromatic N) is 6. The van der Waals surface area contributed by atoms with Crippen LogP contribution in [0.25, 0.3) is 5.78 Å². The molecule has 1 N–H and O–H groups in total. The number of rotatable bonds is 5. The van der Waals surface area contributed by atoms with Gasteiger partial charge in [-0.05, 0) is 61.3 Å². The number of piperazine rings is 1. The topological polar surface area (TPSA) is 114 Å². The Bertz CT molecular complexity index is 1630. The highest BCUT2D eigenvalue weighted by molar-refractivity contribution is 9.10. The summed E-state index contributed by atoms with van der Waals surface area (Å²) in [6.07, 6.45) is -5.48. The molecule has 234 valence electrons. The smallest absolute Gasteiger partial charge is 0.416 e. The minimum atomic E-state index is -4.75. The second-order valence-corrected chi connectivity index (χ2v) is 11.6. The van der Waals surface area contributed by atoms with E-state index < -0.39 is 57.4 Å². The van der Waals surface area contributed by atoms with Gasteiger partial charge in [0, 0.05) is 26.2 Å². The maximum atomic E-state index is 16.1. The number of aromatic nitrogens is 4. The Balaban J connectivity index is 1.74. The molecule has 3 aromatic rings. The molecule has 0 aliphatic carbocycles. The van der Waals surface area contributed by atoms with Gasteiger partial charge in [-0.25, -0.2) is 9.36 Å². The Labute approximate surface area is 254 Å².